The highest BCUT2D eigenvalue weighted by molar-refractivity contribution is 6.32. The summed E-state index contributed by atoms with van der Waals surface area (Å²) in [4.78, 5) is 33.6. The molecule has 2 aromatic rings. The van der Waals surface area contributed by atoms with E-state index >= 15 is 0 Å². The maximum atomic E-state index is 11.7. The van der Waals surface area contributed by atoms with Crippen molar-refractivity contribution in [2.75, 3.05) is 14.2 Å². The van der Waals surface area contributed by atoms with E-state index in [9.17, 15) is 19.8 Å². The Labute approximate surface area is 258 Å². The Bertz CT molecular complexity index is 1250. The normalized spacial score (nSPS) is 11.8. The summed E-state index contributed by atoms with van der Waals surface area (Å²) in [6, 6.07) is 10.2. The van der Waals surface area contributed by atoms with E-state index in [0.717, 1.165) is 10.6 Å². The first kappa shape index (κ1) is 38.7. The first-order valence-corrected chi connectivity index (χ1v) is 13.6. The minimum absolute atomic E-state index is 0.0475. The molecule has 0 unspecified atom stereocenters. The Hall–Kier alpha value is -3.34. The third kappa shape index (κ3) is 16.8. The molecule has 0 heterocycles. The Morgan fingerprint density at radius 2 is 1.26 bits per heavy atom. The van der Waals surface area contributed by atoms with Gasteiger partial charge in [-0.2, -0.15) is 0 Å². The van der Waals surface area contributed by atoms with Gasteiger partial charge in [0.05, 0.1) is 18.5 Å². The number of carbonyl (C=O) groups is 2. The number of benzene rings is 2. The van der Waals surface area contributed by atoms with Gasteiger partial charge in [-0.3, -0.25) is 14.4 Å². The molecule has 234 valence electrons. The second-order valence-electron chi connectivity index (χ2n) is 10.9. The average Bonchev–Trinajstić information content (AvgIpc) is 2.82. The number of amides is 1. The van der Waals surface area contributed by atoms with E-state index in [2.05, 4.69) is 14.8 Å². The lowest BCUT2D eigenvalue weighted by molar-refractivity contribution is -0.260. The van der Waals surface area contributed by atoms with Crippen LogP contribution in [0.25, 0.3) is 0 Å². The molecule has 1 amide bonds. The molecule has 0 aliphatic rings. The number of nitrogens with zero attached hydrogens (tertiary/aromatic N) is 3. The number of halogens is 2. The zero-order valence-corrected chi connectivity index (χ0v) is 27.6. The molecule has 0 bridgehead atoms. The number of hydrogen-bond acceptors (Lipinski definition) is 9. The summed E-state index contributed by atoms with van der Waals surface area (Å²) in [6.07, 6.45) is -1.15. The summed E-state index contributed by atoms with van der Waals surface area (Å²) in [5.41, 5.74) is 1.09. The molecule has 0 spiro atoms. The van der Waals surface area contributed by atoms with Gasteiger partial charge < -0.3 is 19.7 Å². The van der Waals surface area contributed by atoms with Crippen LogP contribution in [-0.4, -0.2) is 54.3 Å². The molecule has 0 fully saturated rings. The van der Waals surface area contributed by atoms with Gasteiger partial charge in [0.2, 0.25) is 5.91 Å². The van der Waals surface area contributed by atoms with Crippen molar-refractivity contribution in [1.29, 1.82) is 0 Å². The molecular weight excluding hydrogens is 585 g/mol. The number of hydrogen-bond donors (Lipinski definition) is 0. The zero-order valence-electron chi connectivity index (χ0n) is 26.1. The van der Waals surface area contributed by atoms with Crippen LogP contribution in [0.2, 0.25) is 10.0 Å². The van der Waals surface area contributed by atoms with Gasteiger partial charge >= 0.3 is 0 Å². The summed E-state index contributed by atoms with van der Waals surface area (Å²) in [6.45, 7) is 15.4. The molecule has 42 heavy (non-hydrogen) atoms. The molecule has 0 aromatic heterocycles. The number of ketones is 1. The summed E-state index contributed by atoms with van der Waals surface area (Å²) >= 11 is 11.9. The lowest BCUT2D eigenvalue weighted by Gasteiger charge is -2.29. The lowest BCUT2D eigenvalue weighted by Crippen LogP contribution is -2.31. The first-order chi connectivity index (χ1) is 19.2. The highest BCUT2D eigenvalue weighted by Crippen LogP contribution is 2.28. The number of carbonyl (C=O) groups excluding carboxylic acids is 2. The standard InChI is InChI=1S/C14H18ClNO3.C12H16ClNO2.C4H9NO2/c1-9(17)8-10-11(15)6-5-7-12(10)16-13(18)19-14(2,3)4;1-8-9(13)6-5-7-10(8)14-11(15)16-12(2,3)4;1-4(6)5(2)7-3/h5-7H,8H2,1-4H3,(H,16,18);5-7H,1-4H3,(H,14,15);1-3H3/p-2. The third-order valence-electron chi connectivity index (χ3n) is 4.69. The summed E-state index contributed by atoms with van der Waals surface area (Å²) in [5.74, 6) is -0.142. The molecule has 0 atom stereocenters. The van der Waals surface area contributed by atoms with Gasteiger partial charge in [0, 0.05) is 47.2 Å². The second-order valence-corrected chi connectivity index (χ2v) is 11.7. The Morgan fingerprint density at radius 1 is 0.833 bits per heavy atom. The fourth-order valence-electron chi connectivity index (χ4n) is 2.69. The number of hydroxylamine groups is 2. The number of Topliss-reactive ketones (excluding diaryl/α,β-unsaturated/α-hetero) is 1. The van der Waals surface area contributed by atoms with Crippen LogP contribution in [0.15, 0.2) is 46.4 Å². The van der Waals surface area contributed by atoms with E-state index in [1.807, 2.05) is 6.92 Å². The van der Waals surface area contributed by atoms with Crippen molar-refractivity contribution < 1.29 is 34.1 Å². The second kappa shape index (κ2) is 17.6. The Morgan fingerprint density at radius 3 is 1.64 bits per heavy atom. The molecule has 12 heteroatoms. The van der Waals surface area contributed by atoms with Crippen LogP contribution in [0, 0.1) is 6.92 Å². The van der Waals surface area contributed by atoms with E-state index in [1.165, 1.54) is 21.0 Å². The molecule has 2 aromatic carbocycles. The van der Waals surface area contributed by atoms with Crippen molar-refractivity contribution in [3.63, 3.8) is 0 Å². The van der Waals surface area contributed by atoms with Gasteiger partial charge in [-0.15, -0.1) is 0 Å². The SMILES string of the molecule is CC(=O)Cc1c(Cl)cccc1N=C([O-])OC(C)(C)C.CON(C)C(C)=O.Cc1c(Cl)cccc1N=C([O-])OC(C)(C)C. The number of rotatable bonds is 5. The molecule has 0 saturated heterocycles. The van der Waals surface area contributed by atoms with Gasteiger partial charge in [-0.05, 0) is 43.7 Å². The molecule has 2 rings (SSSR count). The smallest absolute Gasteiger partial charge is 0.242 e. The molecule has 0 aliphatic carbocycles. The van der Waals surface area contributed by atoms with Crippen LogP contribution < -0.4 is 10.2 Å². The predicted octanol–water partition coefficient (Wildman–Crippen LogP) is 5.47. The zero-order chi connectivity index (χ0) is 32.8. The predicted molar refractivity (Wildman–Crippen MR) is 163 cm³/mol. The minimum atomic E-state index is -0.695. The largest absolute Gasteiger partial charge is 0.594 e. The third-order valence-corrected chi connectivity index (χ3v) is 5.45. The Kier molecular flexibility index (Phi) is 16.2. The molecule has 0 radical (unpaired) electrons. The topological polar surface area (TPSA) is 136 Å². The van der Waals surface area contributed by atoms with Gasteiger partial charge in [0.15, 0.2) is 12.2 Å². The van der Waals surface area contributed by atoms with Crippen molar-refractivity contribution >= 4 is 58.4 Å². The number of aliphatic imine (C=N–C) groups is 2. The lowest BCUT2D eigenvalue weighted by atomic mass is 10.1. The summed E-state index contributed by atoms with van der Waals surface area (Å²) in [7, 11) is 3.00. The highest BCUT2D eigenvalue weighted by Gasteiger charge is 2.10. The number of ether oxygens (including phenoxy) is 2. The maximum Gasteiger partial charge on any atom is 0.242 e. The molecule has 0 N–H and O–H groups in total. The fourth-order valence-corrected chi connectivity index (χ4v) is 3.09. The van der Waals surface area contributed by atoms with E-state index in [1.54, 1.807) is 85.0 Å². The minimum Gasteiger partial charge on any atom is -0.594 e. The van der Waals surface area contributed by atoms with Gasteiger partial charge in [-0.25, -0.2) is 15.0 Å². The van der Waals surface area contributed by atoms with Gasteiger partial charge in [0.25, 0.3) is 0 Å². The summed E-state index contributed by atoms with van der Waals surface area (Å²) < 4.78 is 10.2. The van der Waals surface area contributed by atoms with Crippen LogP contribution in [0.5, 0.6) is 0 Å². The maximum absolute atomic E-state index is 11.7. The monoisotopic (exact) mass is 625 g/mol. The van der Waals surface area contributed by atoms with Crippen LogP contribution in [0.1, 0.15) is 66.5 Å². The van der Waals surface area contributed by atoms with E-state index in [0.29, 0.717) is 27.0 Å². The molecular formula is C30H41Cl2N3O7-2. The average molecular weight is 627 g/mol. The summed E-state index contributed by atoms with van der Waals surface area (Å²) in [5, 5.41) is 25.3. The van der Waals surface area contributed by atoms with Crippen molar-refractivity contribution in [1.82, 2.24) is 5.06 Å². The van der Waals surface area contributed by atoms with Crippen LogP contribution in [-0.2, 0) is 30.3 Å². The highest BCUT2D eigenvalue weighted by atomic mass is 35.5. The molecule has 10 nitrogen and oxygen atoms in total. The quantitative estimate of drug-likeness (QED) is 0.244. The fraction of sp³-hybridized carbons (Fsp3) is 0.467. The van der Waals surface area contributed by atoms with Crippen molar-refractivity contribution in [3.8, 4) is 0 Å². The molecule has 0 aliphatic heterocycles. The van der Waals surface area contributed by atoms with Crippen LogP contribution >= 0.6 is 23.2 Å². The first-order valence-electron chi connectivity index (χ1n) is 12.9. The van der Waals surface area contributed by atoms with Crippen LogP contribution in [0.3, 0.4) is 0 Å². The molecule has 0 saturated carbocycles. The van der Waals surface area contributed by atoms with E-state index < -0.39 is 23.4 Å². The van der Waals surface area contributed by atoms with E-state index in [4.69, 9.17) is 32.7 Å². The van der Waals surface area contributed by atoms with Crippen molar-refractivity contribution in [2.45, 2.75) is 79.9 Å². The van der Waals surface area contributed by atoms with Gasteiger partial charge in [0.1, 0.15) is 5.78 Å². The van der Waals surface area contributed by atoms with Gasteiger partial charge in [-0.1, -0.05) is 76.9 Å². The van der Waals surface area contributed by atoms with E-state index in [-0.39, 0.29) is 18.1 Å². The van der Waals surface area contributed by atoms with Crippen LogP contribution in [0.4, 0.5) is 11.4 Å². The Balaban J connectivity index is 0.000000661. The van der Waals surface area contributed by atoms with Crippen molar-refractivity contribution in [2.24, 2.45) is 9.98 Å². The van der Waals surface area contributed by atoms with Crippen molar-refractivity contribution in [3.05, 3.63) is 57.6 Å².